The number of aryl methyl sites for hydroxylation is 8. The fraction of sp³-hybridized carbons (Fsp3) is 0.591. The summed E-state index contributed by atoms with van der Waals surface area (Å²) < 4.78 is 13.9. The Morgan fingerprint density at radius 3 is 0.886 bits per heavy atom. The fourth-order valence-corrected chi connectivity index (χ4v) is 23.0. The first-order valence-corrected chi connectivity index (χ1v) is 58.3. The Morgan fingerprint density at radius 2 is 0.577 bits per heavy atom. The van der Waals surface area contributed by atoms with Gasteiger partial charge < -0.3 is 82.2 Å². The van der Waals surface area contributed by atoms with Crippen LogP contribution >= 0.6 is 0 Å². The van der Waals surface area contributed by atoms with E-state index in [4.69, 9.17) is 11.5 Å². The number of halogens is 1. The molecule has 822 valence electrons. The highest BCUT2D eigenvalue weighted by molar-refractivity contribution is 5.64. The van der Waals surface area contributed by atoms with Crippen molar-refractivity contribution in [2.45, 2.75) is 334 Å². The quantitative estimate of drug-likeness (QED) is 0.0326. The summed E-state index contributed by atoms with van der Waals surface area (Å²) >= 11 is 0. The van der Waals surface area contributed by atoms with Crippen molar-refractivity contribution < 1.29 is 4.39 Å². The highest BCUT2D eigenvalue weighted by Crippen LogP contribution is 2.41. The molecular weight excluding hydrogens is 1830 g/mol. The number of hydrogen-bond donors (Lipinski definition) is 7. The van der Waals surface area contributed by atoms with Gasteiger partial charge >= 0.3 is 0 Å². The second-order valence-electron chi connectivity index (χ2n) is 48.0. The number of benzene rings is 9. The maximum atomic E-state index is 13.9. The number of nitrogens with one attached hydrogen (secondary N) is 5. The molecule has 9 fully saturated rings. The number of nitrogens with zero attached hydrogens (tertiary/aromatic N) is 9. The van der Waals surface area contributed by atoms with Crippen molar-refractivity contribution in [1.29, 1.82) is 0 Å². The lowest BCUT2D eigenvalue weighted by atomic mass is 9.83. The van der Waals surface area contributed by atoms with E-state index in [1.165, 1.54) is 220 Å². The number of anilines is 8. The maximum Gasteiger partial charge on any atom is 0.128 e. The molecule has 18 rings (SSSR count). The zero-order valence-electron chi connectivity index (χ0n) is 99.3. The van der Waals surface area contributed by atoms with Crippen LogP contribution in [0.5, 0.6) is 0 Å². The molecule has 0 amide bonds. The first-order valence-electron chi connectivity index (χ1n) is 58.3. The van der Waals surface area contributed by atoms with E-state index in [-0.39, 0.29) is 11.7 Å². The van der Waals surface area contributed by atoms with Crippen LogP contribution < -0.4 is 77.3 Å². The number of hydrogen-bond acceptors (Lipinski definition) is 16. The van der Waals surface area contributed by atoms with Crippen molar-refractivity contribution in [3.05, 3.63) is 270 Å². The minimum Gasteiger partial charge on any atom is -0.371 e. The predicted molar refractivity (Wildman–Crippen MR) is 652 cm³/mol. The van der Waals surface area contributed by atoms with Crippen molar-refractivity contribution >= 4 is 45.5 Å². The third kappa shape index (κ3) is 36.0. The zero-order chi connectivity index (χ0) is 109. The van der Waals surface area contributed by atoms with E-state index in [9.17, 15) is 4.39 Å². The van der Waals surface area contributed by atoms with E-state index >= 15 is 0 Å². The molecule has 9 aliphatic rings. The van der Waals surface area contributed by atoms with E-state index < -0.39 is 0 Å². The van der Waals surface area contributed by atoms with Gasteiger partial charge in [-0.3, -0.25) is 0 Å². The van der Waals surface area contributed by atoms with Gasteiger partial charge in [-0.05, 0) is 389 Å². The number of rotatable bonds is 23. The van der Waals surface area contributed by atoms with Crippen LogP contribution in [-0.4, -0.2) is 208 Å². The van der Waals surface area contributed by atoms with E-state index in [1.807, 2.05) is 33.0 Å². The smallest absolute Gasteiger partial charge is 0.128 e. The summed E-state index contributed by atoms with van der Waals surface area (Å²) in [5.74, 6) is 6.44. The highest BCUT2D eigenvalue weighted by atomic mass is 19.1. The zero-order valence-corrected chi connectivity index (χ0v) is 99.3. The van der Waals surface area contributed by atoms with Crippen LogP contribution in [-0.2, 0) is 0 Å². The maximum absolute atomic E-state index is 13.9. The molecule has 9 saturated heterocycles. The molecule has 0 spiro atoms. The van der Waals surface area contributed by atoms with Gasteiger partial charge in [0.15, 0.2) is 0 Å². The predicted octanol–water partition coefficient (Wildman–Crippen LogP) is 27.2. The summed E-state index contributed by atoms with van der Waals surface area (Å²) in [6, 6.07) is 63.4. The molecule has 1 unspecified atom stereocenters. The number of likely N-dealkylation sites (N-methyl/N-ethyl adjacent to an activating group) is 4. The van der Waals surface area contributed by atoms with Gasteiger partial charge in [-0.15, -0.1) is 0 Å². The molecule has 17 heteroatoms. The summed E-state index contributed by atoms with van der Waals surface area (Å²) in [6.45, 7) is 81.4. The molecule has 9 aromatic carbocycles. The SMILES string of the molecule is CN[C@H]1CCN(c2cc(C)ccc2C(C)C)C1.CN[C@H]1CCN(c2cc(C)ccc2C(C)C)C1.CN[C@H]1CCN(c2ccc(C(C)C)c(F)c2)C1.Cc1ccc(C(C)C)c(C2CCNCC2)c1.Cc1ccc(C(C)C)c(N2CCC(CN)C2)c1.Cc1ccc(C(C)C)c(N2CCCC2)c1.Cc1ccc(C(C)C)c(N2CCNCC2)c1.Cc1ccc(C(C)C)c(N2CC[C@H](N(C)C)C2)c1.Cc1ccc(C(C)C)c(N2CC[C@H](N)C2)c1. The molecule has 0 saturated carbocycles. The Morgan fingerprint density at radius 1 is 0.295 bits per heavy atom. The summed E-state index contributed by atoms with van der Waals surface area (Å²) in [5, 5.41) is 16.9. The van der Waals surface area contributed by atoms with Crippen LogP contribution in [0.2, 0.25) is 0 Å². The number of piperazine rings is 1. The largest absolute Gasteiger partial charge is 0.371 e. The average molecular weight is 2040 g/mol. The molecule has 9 aliphatic heterocycles. The summed E-state index contributed by atoms with van der Waals surface area (Å²) in [5.41, 5.74) is 48.0. The molecule has 9 heterocycles. The Bertz CT molecular complexity index is 5150. The first kappa shape index (κ1) is 122. The average Bonchev–Trinajstić information content (AvgIpc) is 1.67. The fourth-order valence-electron chi connectivity index (χ4n) is 23.0. The first-order chi connectivity index (χ1) is 71.1. The van der Waals surface area contributed by atoms with Gasteiger partial charge in [0.2, 0.25) is 0 Å². The monoisotopic (exact) mass is 2040 g/mol. The van der Waals surface area contributed by atoms with Gasteiger partial charge in [-0.2, -0.15) is 0 Å². The minimum atomic E-state index is -0.0783. The highest BCUT2D eigenvalue weighted by Gasteiger charge is 2.32. The van der Waals surface area contributed by atoms with Crippen LogP contribution in [0.1, 0.15) is 348 Å². The molecule has 149 heavy (non-hydrogen) atoms. The third-order valence-corrected chi connectivity index (χ3v) is 32.4. The molecular formula is C132H207FN16. The summed E-state index contributed by atoms with van der Waals surface area (Å²) in [6.07, 6.45) is 12.6. The molecule has 6 atom stereocenters. The van der Waals surface area contributed by atoms with E-state index in [1.54, 1.807) is 17.2 Å². The molecule has 0 aromatic heterocycles. The van der Waals surface area contributed by atoms with Gasteiger partial charge in [-0.25, -0.2) is 4.39 Å². The third-order valence-electron chi connectivity index (χ3n) is 32.4. The van der Waals surface area contributed by atoms with Crippen molar-refractivity contribution in [3.63, 3.8) is 0 Å². The van der Waals surface area contributed by atoms with E-state index in [2.05, 4.69) is 411 Å². The molecule has 16 nitrogen and oxygen atoms in total. The Balaban J connectivity index is 0.000000171. The van der Waals surface area contributed by atoms with Gasteiger partial charge in [0.25, 0.3) is 0 Å². The molecule has 0 bridgehead atoms. The summed E-state index contributed by atoms with van der Waals surface area (Å²) in [7, 11) is 10.5. The number of nitrogens with two attached hydrogens (primary N) is 2. The Kier molecular flexibility index (Phi) is 49.1. The lowest BCUT2D eigenvalue weighted by Gasteiger charge is -2.32. The normalized spacial score (nSPS) is 19.3. The molecule has 0 radical (unpaired) electrons. The van der Waals surface area contributed by atoms with Crippen LogP contribution in [0, 0.1) is 67.1 Å². The van der Waals surface area contributed by atoms with Gasteiger partial charge in [0, 0.05) is 194 Å². The standard InChI is InChI=1S/C16H26N2.3C15H24N2.C15H23N.C14H21FN2.2C14H22N2.C14H21N/c1-12(2)15-7-6-13(3)10-16(15)18-9-8-14(11-18)17(4)5;2*1-11(2)14-6-5-12(3)9-15(14)17-8-7-13(10-17)16-4;1-11(2)14-5-4-12(3)8-15(14)17-7-6-13(9-16)10-17;1-11(2)14-5-4-12(3)10-15(14)13-6-8-16-9-7-13;1-10(2)13-5-4-12(8-14(13)15)17-7-6-11(9-17)16-3;1-11(2)13-5-4-12(3)10-14(13)16-8-6-15-7-9-16;1-10(2)13-5-4-11(3)8-14(13)16-7-6-12(15)9-16;1-11(2)13-7-6-12(3)10-14(13)15-8-4-5-9-15/h6-7,10,12,14H,8-9,11H2,1-5H3;2*5-6,9,11,13,16H,7-8,10H2,1-4H3;4-5,8,11,13H,6-7,9-10,16H2,1-3H3;4-5,10-11,13,16H,6-9H2,1-3H3;4-5,8,10-11,16H,6-7,9H2,1-3H3;4-5,10-11,15H,6-9H2,1-3H3;4-5,8,10,12H,6-7,9,15H2,1-3H3;6-7,10-11H,4-5,8-9H2,1-3H3/t14-;2*13-;;;11-;;12-;/m000..0.0./s1. The van der Waals surface area contributed by atoms with Crippen LogP contribution in [0.25, 0.3) is 0 Å². The lowest BCUT2D eigenvalue weighted by Crippen LogP contribution is -2.44. The van der Waals surface area contributed by atoms with E-state index in [0.717, 1.165) is 122 Å². The molecule has 9 aromatic rings. The second kappa shape index (κ2) is 60.0. The van der Waals surface area contributed by atoms with Crippen molar-refractivity contribution in [1.82, 2.24) is 31.5 Å². The number of piperidine rings is 1. The van der Waals surface area contributed by atoms with Crippen LogP contribution in [0.4, 0.5) is 49.9 Å². The second-order valence-corrected chi connectivity index (χ2v) is 48.0. The van der Waals surface area contributed by atoms with Crippen LogP contribution in [0.3, 0.4) is 0 Å². The molecule has 0 aliphatic carbocycles. The van der Waals surface area contributed by atoms with Crippen molar-refractivity contribution in [3.8, 4) is 0 Å². The topological polar surface area (TPSA) is 141 Å². The lowest BCUT2D eigenvalue weighted by molar-refractivity contribution is 0.315. The van der Waals surface area contributed by atoms with Gasteiger partial charge in [0.1, 0.15) is 5.82 Å². The summed E-state index contributed by atoms with van der Waals surface area (Å²) in [4.78, 5) is 22.2. The van der Waals surface area contributed by atoms with Crippen molar-refractivity contribution in [2.24, 2.45) is 17.4 Å². The van der Waals surface area contributed by atoms with E-state index in [0.29, 0.717) is 83.5 Å². The Labute approximate surface area is 908 Å². The Hall–Kier alpha value is -9.01. The van der Waals surface area contributed by atoms with Gasteiger partial charge in [-0.1, -0.05) is 239 Å². The van der Waals surface area contributed by atoms with Crippen LogP contribution in [0.15, 0.2) is 164 Å². The van der Waals surface area contributed by atoms with Crippen molar-refractivity contribution in [2.75, 3.05) is 212 Å². The van der Waals surface area contributed by atoms with Gasteiger partial charge in [0.05, 0.1) is 0 Å². The molecule has 9 N–H and O–H groups in total. The minimum absolute atomic E-state index is 0.0783.